The Morgan fingerprint density at radius 3 is 2.96 bits per heavy atom. The van der Waals surface area contributed by atoms with Crippen LogP contribution in [0.25, 0.3) is 10.4 Å². The van der Waals surface area contributed by atoms with E-state index in [4.69, 9.17) is 9.26 Å². The van der Waals surface area contributed by atoms with E-state index in [1.54, 1.807) is 18.0 Å². The maximum atomic E-state index is 12.7. The first-order valence-electron chi connectivity index (χ1n) is 8.17. The van der Waals surface area contributed by atoms with Crippen LogP contribution in [0.4, 0.5) is 9.93 Å². The first kappa shape index (κ1) is 16.7. The summed E-state index contributed by atoms with van der Waals surface area (Å²) < 4.78 is 10.5. The molecule has 1 atom stereocenters. The van der Waals surface area contributed by atoms with Gasteiger partial charge in [0.05, 0.1) is 18.1 Å². The van der Waals surface area contributed by atoms with Crippen LogP contribution in [-0.2, 0) is 4.74 Å². The quantitative estimate of drug-likeness (QED) is 0.760. The van der Waals surface area contributed by atoms with Gasteiger partial charge in [0, 0.05) is 19.7 Å². The number of benzene rings is 1. The monoisotopic (exact) mass is 371 g/mol. The molecule has 3 aromatic rings. The number of morpholine rings is 1. The molecule has 0 radical (unpaired) electrons. The smallest absolute Gasteiger partial charge is 0.324 e. The van der Waals surface area contributed by atoms with Gasteiger partial charge in [0.15, 0.2) is 11.0 Å². The van der Waals surface area contributed by atoms with E-state index in [0.717, 1.165) is 10.4 Å². The Kier molecular flexibility index (Phi) is 4.63. The van der Waals surface area contributed by atoms with E-state index in [9.17, 15) is 4.79 Å². The van der Waals surface area contributed by atoms with Crippen LogP contribution in [0.2, 0.25) is 0 Å². The molecule has 9 heteroatoms. The second-order valence-corrected chi connectivity index (χ2v) is 6.81. The Balaban J connectivity index is 1.49. The van der Waals surface area contributed by atoms with Crippen LogP contribution in [0.5, 0.6) is 0 Å². The molecule has 0 spiro atoms. The molecule has 1 fully saturated rings. The Labute approximate surface area is 153 Å². The highest BCUT2D eigenvalue weighted by atomic mass is 32.1. The van der Waals surface area contributed by atoms with Gasteiger partial charge in [-0.15, -0.1) is 0 Å². The lowest BCUT2D eigenvalue weighted by Crippen LogP contribution is -2.45. The summed E-state index contributed by atoms with van der Waals surface area (Å²) in [6.07, 6.45) is 1.76. The number of aryl methyl sites for hydroxylation is 1. The van der Waals surface area contributed by atoms with E-state index in [1.165, 1.54) is 11.3 Å². The highest BCUT2D eigenvalue weighted by Gasteiger charge is 2.32. The molecule has 8 nitrogen and oxygen atoms in total. The normalized spacial score (nSPS) is 17.3. The molecule has 2 aromatic heterocycles. The van der Waals surface area contributed by atoms with Crippen molar-refractivity contribution in [3.05, 3.63) is 48.2 Å². The third-order valence-corrected chi connectivity index (χ3v) is 4.97. The zero-order valence-electron chi connectivity index (χ0n) is 14.1. The fraction of sp³-hybridized carbons (Fsp3) is 0.294. The minimum absolute atomic E-state index is 0.255. The first-order chi connectivity index (χ1) is 12.7. The number of nitrogens with zero attached hydrogens (tertiary/aromatic N) is 4. The van der Waals surface area contributed by atoms with Gasteiger partial charge in [-0.1, -0.05) is 46.8 Å². The molecule has 26 heavy (non-hydrogen) atoms. The van der Waals surface area contributed by atoms with Gasteiger partial charge in [0.25, 0.3) is 0 Å². The van der Waals surface area contributed by atoms with Crippen LogP contribution in [-0.4, -0.2) is 45.8 Å². The number of amides is 2. The number of thiazole rings is 1. The van der Waals surface area contributed by atoms with E-state index in [0.29, 0.717) is 36.6 Å². The van der Waals surface area contributed by atoms with Crippen molar-refractivity contribution in [2.75, 3.05) is 25.1 Å². The van der Waals surface area contributed by atoms with Gasteiger partial charge in [-0.3, -0.25) is 5.32 Å². The number of nitrogens with one attached hydrogen (secondary N) is 1. The number of hydrogen-bond acceptors (Lipinski definition) is 7. The molecule has 1 aliphatic rings. The number of carbonyl (C=O) groups excluding carboxylic acids is 1. The van der Waals surface area contributed by atoms with Gasteiger partial charge in [0.2, 0.25) is 5.89 Å². The topological polar surface area (TPSA) is 93.4 Å². The lowest BCUT2D eigenvalue weighted by Gasteiger charge is -2.33. The van der Waals surface area contributed by atoms with E-state index in [-0.39, 0.29) is 12.1 Å². The fourth-order valence-electron chi connectivity index (χ4n) is 2.74. The molecular weight excluding hydrogens is 354 g/mol. The molecule has 1 aliphatic heterocycles. The Morgan fingerprint density at radius 2 is 2.19 bits per heavy atom. The molecular formula is C17H17N5O3S. The average molecular weight is 371 g/mol. The number of carbonyl (C=O) groups is 1. The molecule has 0 unspecified atom stereocenters. The molecule has 1 aromatic carbocycles. The van der Waals surface area contributed by atoms with Crippen molar-refractivity contribution in [3.8, 4) is 10.4 Å². The van der Waals surface area contributed by atoms with Crippen molar-refractivity contribution in [2.45, 2.75) is 13.0 Å². The Hall–Kier alpha value is -2.78. The summed E-state index contributed by atoms with van der Waals surface area (Å²) in [4.78, 5) is 23.9. The van der Waals surface area contributed by atoms with E-state index < -0.39 is 0 Å². The Bertz CT molecular complexity index is 895. The predicted molar refractivity (Wildman–Crippen MR) is 95.9 cm³/mol. The summed E-state index contributed by atoms with van der Waals surface area (Å²) in [6.45, 7) is 2.96. The molecule has 2 amide bonds. The van der Waals surface area contributed by atoms with Gasteiger partial charge in [-0.2, -0.15) is 4.98 Å². The van der Waals surface area contributed by atoms with Crippen LogP contribution in [0.15, 0.2) is 41.1 Å². The zero-order valence-corrected chi connectivity index (χ0v) is 14.9. The predicted octanol–water partition coefficient (Wildman–Crippen LogP) is 3.11. The van der Waals surface area contributed by atoms with Crippen LogP contribution >= 0.6 is 11.3 Å². The van der Waals surface area contributed by atoms with Gasteiger partial charge >= 0.3 is 6.03 Å². The fourth-order valence-corrected chi connectivity index (χ4v) is 3.55. The van der Waals surface area contributed by atoms with Gasteiger partial charge in [-0.25, -0.2) is 9.78 Å². The molecule has 3 heterocycles. The number of urea groups is 1. The summed E-state index contributed by atoms with van der Waals surface area (Å²) in [6, 6.07) is 9.29. The largest absolute Gasteiger partial charge is 0.377 e. The summed E-state index contributed by atoms with van der Waals surface area (Å²) >= 11 is 1.43. The number of hydrogen-bond donors (Lipinski definition) is 1. The molecule has 0 bridgehead atoms. The number of rotatable bonds is 3. The summed E-state index contributed by atoms with van der Waals surface area (Å²) in [5, 5.41) is 7.33. The molecule has 0 saturated carbocycles. The molecule has 1 saturated heterocycles. The van der Waals surface area contributed by atoms with Gasteiger partial charge in [0.1, 0.15) is 6.04 Å². The molecule has 1 N–H and O–H groups in total. The van der Waals surface area contributed by atoms with Crippen LogP contribution in [0, 0.1) is 6.92 Å². The maximum absolute atomic E-state index is 12.7. The summed E-state index contributed by atoms with van der Waals surface area (Å²) in [5.74, 6) is 0.903. The van der Waals surface area contributed by atoms with Crippen LogP contribution in [0.3, 0.4) is 0 Å². The van der Waals surface area contributed by atoms with Crippen molar-refractivity contribution >= 4 is 22.5 Å². The van der Waals surface area contributed by atoms with Crippen molar-refractivity contribution in [2.24, 2.45) is 0 Å². The zero-order chi connectivity index (χ0) is 17.9. The first-order valence-corrected chi connectivity index (χ1v) is 8.99. The van der Waals surface area contributed by atoms with Crippen LogP contribution in [0.1, 0.15) is 17.8 Å². The minimum Gasteiger partial charge on any atom is -0.377 e. The van der Waals surface area contributed by atoms with Gasteiger partial charge in [-0.05, 0) is 5.56 Å². The third kappa shape index (κ3) is 3.44. The van der Waals surface area contributed by atoms with Crippen molar-refractivity contribution in [3.63, 3.8) is 0 Å². The van der Waals surface area contributed by atoms with E-state index in [2.05, 4.69) is 20.4 Å². The maximum Gasteiger partial charge on any atom is 0.324 e. The van der Waals surface area contributed by atoms with Crippen LogP contribution < -0.4 is 5.32 Å². The lowest BCUT2D eigenvalue weighted by atomic mass is 10.2. The highest BCUT2D eigenvalue weighted by Crippen LogP contribution is 2.29. The van der Waals surface area contributed by atoms with Crippen molar-refractivity contribution < 1.29 is 14.1 Å². The average Bonchev–Trinajstić information content (AvgIpc) is 3.31. The number of anilines is 1. The molecule has 0 aliphatic carbocycles. The highest BCUT2D eigenvalue weighted by molar-refractivity contribution is 7.19. The summed E-state index contributed by atoms with van der Waals surface area (Å²) in [5.41, 5.74) is 1.07. The number of aromatic nitrogens is 3. The van der Waals surface area contributed by atoms with Gasteiger partial charge < -0.3 is 14.2 Å². The second-order valence-electron chi connectivity index (χ2n) is 5.78. The minimum atomic E-state index is -0.380. The Morgan fingerprint density at radius 1 is 1.35 bits per heavy atom. The SMILES string of the molecule is Cc1nc([C@@H]2COCCN2C(=O)Nc2ncc(-c3ccccc3)s2)no1. The van der Waals surface area contributed by atoms with E-state index >= 15 is 0 Å². The van der Waals surface area contributed by atoms with Crippen molar-refractivity contribution in [1.82, 2.24) is 20.0 Å². The summed E-state index contributed by atoms with van der Waals surface area (Å²) in [7, 11) is 0. The molecule has 134 valence electrons. The van der Waals surface area contributed by atoms with E-state index in [1.807, 2.05) is 30.3 Å². The third-order valence-electron chi connectivity index (χ3n) is 4.01. The standard InChI is InChI=1S/C17H17N5O3S/c1-11-19-15(21-25-11)13-10-24-8-7-22(13)17(23)20-16-18-9-14(26-16)12-5-3-2-4-6-12/h2-6,9,13H,7-8,10H2,1H3,(H,18,20,23)/t13-/m0/s1. The lowest BCUT2D eigenvalue weighted by molar-refractivity contribution is 0.0110. The second kappa shape index (κ2) is 7.22. The van der Waals surface area contributed by atoms with Crippen molar-refractivity contribution in [1.29, 1.82) is 0 Å². The number of ether oxygens (including phenoxy) is 1. The molecule has 4 rings (SSSR count).